The smallest absolute Gasteiger partial charge is 0.226 e. The molecule has 2 atom stereocenters. The average molecular weight is 639 g/mol. The number of carbonyl (C=O) groups excluding carboxylic acids is 2. The van der Waals surface area contributed by atoms with Crippen molar-refractivity contribution in [2.24, 2.45) is 23.7 Å². The molecule has 3 aliphatic rings. The molecule has 36 heavy (non-hydrogen) atoms. The summed E-state index contributed by atoms with van der Waals surface area (Å²) in [6.45, 7) is 18.3. The molecule has 2 heterocycles. The summed E-state index contributed by atoms with van der Waals surface area (Å²) >= 11 is 0. The summed E-state index contributed by atoms with van der Waals surface area (Å²) in [7, 11) is 0. The molecule has 212 valence electrons. The molecule has 3 fully saturated rings. The Balaban J connectivity index is 0.00000324. The number of piperidine rings is 2. The van der Waals surface area contributed by atoms with E-state index >= 15 is 0 Å². The lowest BCUT2D eigenvalue weighted by Gasteiger charge is -2.40. The molecule has 8 heteroatoms. The van der Waals surface area contributed by atoms with Crippen molar-refractivity contribution in [3.05, 3.63) is 0 Å². The van der Waals surface area contributed by atoms with Crippen molar-refractivity contribution >= 4 is 45.8 Å². The number of hydrogen-bond donors (Lipinski definition) is 0. The van der Waals surface area contributed by atoms with Gasteiger partial charge in [0, 0.05) is 52.4 Å². The van der Waals surface area contributed by atoms with Crippen LogP contribution in [0.15, 0.2) is 0 Å². The van der Waals surface area contributed by atoms with Crippen LogP contribution in [-0.2, 0) is 9.59 Å². The summed E-state index contributed by atoms with van der Waals surface area (Å²) in [6, 6.07) is 0. The van der Waals surface area contributed by atoms with Crippen LogP contribution in [0.2, 0.25) is 0 Å². The number of hydrogen-bond acceptors (Lipinski definition) is 4. The molecule has 0 spiro atoms. The van der Waals surface area contributed by atoms with E-state index in [9.17, 15) is 9.59 Å². The van der Waals surface area contributed by atoms with E-state index in [1.165, 1.54) is 38.8 Å². The van der Waals surface area contributed by atoms with Crippen LogP contribution < -0.4 is 0 Å². The molecule has 2 saturated heterocycles. The minimum absolute atomic E-state index is 0. The van der Waals surface area contributed by atoms with Gasteiger partial charge in [-0.3, -0.25) is 9.59 Å². The molecule has 0 aromatic rings. The molecule has 1 saturated carbocycles. The second-order valence-electron chi connectivity index (χ2n) is 11.1. The van der Waals surface area contributed by atoms with Gasteiger partial charge in [0.2, 0.25) is 11.8 Å². The molecule has 2 aliphatic heterocycles. The van der Waals surface area contributed by atoms with Crippen molar-refractivity contribution in [2.45, 2.75) is 79.1 Å². The van der Waals surface area contributed by atoms with E-state index in [4.69, 9.17) is 0 Å². The number of likely N-dealkylation sites (tertiary alicyclic amines) is 2. The van der Waals surface area contributed by atoms with Crippen molar-refractivity contribution in [3.8, 4) is 0 Å². The molecule has 2 unspecified atom stereocenters. The predicted molar refractivity (Wildman–Crippen MR) is 160 cm³/mol. The molecule has 0 N–H and O–H groups in total. The molecular formula is C28H54Br2N4O2. The average Bonchev–Trinajstić information content (AvgIpc) is 2.87. The maximum absolute atomic E-state index is 12.8. The molecule has 0 bridgehead atoms. The Hall–Kier alpha value is -0.180. The van der Waals surface area contributed by atoms with Crippen LogP contribution in [0.1, 0.15) is 79.1 Å². The van der Waals surface area contributed by atoms with E-state index in [2.05, 4.69) is 37.5 Å². The van der Waals surface area contributed by atoms with Gasteiger partial charge < -0.3 is 19.6 Å². The zero-order chi connectivity index (χ0) is 24.5. The van der Waals surface area contributed by atoms with Gasteiger partial charge in [0.25, 0.3) is 0 Å². The summed E-state index contributed by atoms with van der Waals surface area (Å²) in [6.07, 6.45) is 9.75. The van der Waals surface area contributed by atoms with Gasteiger partial charge in [0.05, 0.1) is 11.8 Å². The standard InChI is InChI=1S/C28H52N4O2.2BrH/c1-5-31(6-2)27(33)25-11-9-17-29(21-25)19-23-13-15-24(16-14-23)20-30-18-10-12-26(22-30)28(34)32(7-3)8-4;;/h23-26H,5-22H2,1-4H3;2*1H. The van der Waals surface area contributed by atoms with Crippen LogP contribution >= 0.6 is 34.0 Å². The van der Waals surface area contributed by atoms with Crippen LogP contribution in [0.4, 0.5) is 0 Å². The summed E-state index contributed by atoms with van der Waals surface area (Å²) < 4.78 is 0. The Morgan fingerprint density at radius 2 is 0.944 bits per heavy atom. The Morgan fingerprint density at radius 3 is 1.25 bits per heavy atom. The van der Waals surface area contributed by atoms with Crippen LogP contribution in [0.25, 0.3) is 0 Å². The highest BCUT2D eigenvalue weighted by molar-refractivity contribution is 8.93. The molecule has 0 aromatic heterocycles. The van der Waals surface area contributed by atoms with Gasteiger partial charge >= 0.3 is 0 Å². The maximum atomic E-state index is 12.8. The SMILES string of the molecule is Br.Br.CCN(CC)C(=O)C1CCCN(CC2CCC(CN3CCCC(C(=O)N(CC)CC)C3)CC2)C1. The van der Waals surface area contributed by atoms with Gasteiger partial charge in [0.1, 0.15) is 0 Å². The fourth-order valence-corrected chi connectivity index (χ4v) is 6.76. The largest absolute Gasteiger partial charge is 0.343 e. The van der Waals surface area contributed by atoms with E-state index in [1.807, 2.05) is 9.80 Å². The fourth-order valence-electron chi connectivity index (χ4n) is 6.76. The third-order valence-electron chi connectivity index (χ3n) is 8.86. The van der Waals surface area contributed by atoms with E-state index in [-0.39, 0.29) is 45.8 Å². The highest BCUT2D eigenvalue weighted by Crippen LogP contribution is 2.32. The van der Waals surface area contributed by atoms with Gasteiger partial charge in [-0.15, -0.1) is 34.0 Å². The Bertz CT molecular complexity index is 583. The van der Waals surface area contributed by atoms with Gasteiger partial charge in [-0.25, -0.2) is 0 Å². The van der Waals surface area contributed by atoms with Crippen molar-refractivity contribution in [2.75, 3.05) is 65.4 Å². The van der Waals surface area contributed by atoms with Gasteiger partial charge in [-0.1, -0.05) is 0 Å². The Kier molecular flexibility index (Phi) is 16.4. The number of amides is 2. The zero-order valence-electron chi connectivity index (χ0n) is 23.5. The van der Waals surface area contributed by atoms with Crippen LogP contribution in [0, 0.1) is 23.7 Å². The molecule has 6 nitrogen and oxygen atoms in total. The Morgan fingerprint density at radius 1 is 0.611 bits per heavy atom. The minimum Gasteiger partial charge on any atom is -0.343 e. The maximum Gasteiger partial charge on any atom is 0.226 e. The predicted octanol–water partition coefficient (Wildman–Crippen LogP) is 5.11. The van der Waals surface area contributed by atoms with E-state index in [0.29, 0.717) is 11.8 Å². The van der Waals surface area contributed by atoms with E-state index in [1.54, 1.807) is 0 Å². The summed E-state index contributed by atoms with van der Waals surface area (Å²) in [5.41, 5.74) is 0. The first-order valence-corrected chi connectivity index (χ1v) is 14.5. The second kappa shape index (κ2) is 17.4. The van der Waals surface area contributed by atoms with Crippen molar-refractivity contribution in [3.63, 3.8) is 0 Å². The number of nitrogens with zero attached hydrogens (tertiary/aromatic N) is 4. The summed E-state index contributed by atoms with van der Waals surface area (Å²) in [5.74, 6) is 2.73. The quantitative estimate of drug-likeness (QED) is 0.334. The van der Waals surface area contributed by atoms with Crippen molar-refractivity contribution in [1.82, 2.24) is 19.6 Å². The lowest BCUT2D eigenvalue weighted by atomic mass is 9.80. The first-order valence-electron chi connectivity index (χ1n) is 14.5. The number of halogens is 2. The normalized spacial score (nSPS) is 27.4. The third kappa shape index (κ3) is 9.53. The molecule has 2 amide bonds. The van der Waals surface area contributed by atoms with Gasteiger partial charge in [-0.2, -0.15) is 0 Å². The monoisotopic (exact) mass is 636 g/mol. The summed E-state index contributed by atoms with van der Waals surface area (Å²) in [4.78, 5) is 34.9. The summed E-state index contributed by atoms with van der Waals surface area (Å²) in [5, 5.41) is 0. The van der Waals surface area contributed by atoms with Crippen molar-refractivity contribution < 1.29 is 9.59 Å². The first kappa shape index (κ1) is 33.8. The molecular weight excluding hydrogens is 584 g/mol. The van der Waals surface area contributed by atoms with Crippen LogP contribution in [-0.4, -0.2) is 96.9 Å². The van der Waals surface area contributed by atoms with Crippen LogP contribution in [0.3, 0.4) is 0 Å². The highest BCUT2D eigenvalue weighted by Gasteiger charge is 2.32. The lowest BCUT2D eigenvalue weighted by molar-refractivity contribution is -0.137. The van der Waals surface area contributed by atoms with Gasteiger partial charge in [-0.05, 0) is 104 Å². The topological polar surface area (TPSA) is 47.1 Å². The third-order valence-corrected chi connectivity index (χ3v) is 8.86. The molecule has 3 rings (SSSR count). The molecule has 0 radical (unpaired) electrons. The van der Waals surface area contributed by atoms with E-state index < -0.39 is 0 Å². The lowest BCUT2D eigenvalue weighted by Crippen LogP contribution is -2.47. The highest BCUT2D eigenvalue weighted by atomic mass is 79.9. The van der Waals surface area contributed by atoms with Gasteiger partial charge in [0.15, 0.2) is 0 Å². The van der Waals surface area contributed by atoms with Crippen LogP contribution in [0.5, 0.6) is 0 Å². The number of carbonyl (C=O) groups is 2. The second-order valence-corrected chi connectivity index (χ2v) is 11.1. The molecule has 0 aromatic carbocycles. The zero-order valence-corrected chi connectivity index (χ0v) is 26.9. The first-order chi connectivity index (χ1) is 16.5. The van der Waals surface area contributed by atoms with Crippen molar-refractivity contribution in [1.29, 1.82) is 0 Å². The number of rotatable bonds is 10. The van der Waals surface area contributed by atoms with E-state index in [0.717, 1.165) is 89.9 Å². The fraction of sp³-hybridized carbons (Fsp3) is 0.929. The molecule has 1 aliphatic carbocycles. The Labute approximate surface area is 242 Å². The minimum atomic E-state index is 0.